The lowest BCUT2D eigenvalue weighted by atomic mass is 10.3. The Labute approximate surface area is 125 Å². The number of hydrogen-bond donors (Lipinski definition) is 0. The third-order valence-electron chi connectivity index (χ3n) is 2.77. The Bertz CT molecular complexity index is 800. The number of rotatable bonds is 2. The van der Waals surface area contributed by atoms with Crippen LogP contribution in [0.25, 0.3) is 11.0 Å². The fourth-order valence-corrected chi connectivity index (χ4v) is 2.12. The molecule has 3 rings (SSSR count). The van der Waals surface area contributed by atoms with Gasteiger partial charge in [0.2, 0.25) is 5.88 Å². The summed E-state index contributed by atoms with van der Waals surface area (Å²) >= 11 is 11.9. The van der Waals surface area contributed by atoms with E-state index < -0.39 is 0 Å². The Morgan fingerprint density at radius 2 is 1.95 bits per heavy atom. The minimum Gasteiger partial charge on any atom is -0.438 e. The average Bonchev–Trinajstić information content (AvgIpc) is 2.76. The van der Waals surface area contributed by atoms with Gasteiger partial charge in [-0.1, -0.05) is 23.2 Å². The van der Waals surface area contributed by atoms with E-state index in [1.54, 1.807) is 36.0 Å². The van der Waals surface area contributed by atoms with Crippen LogP contribution in [-0.2, 0) is 7.05 Å². The van der Waals surface area contributed by atoms with Gasteiger partial charge in [0.1, 0.15) is 17.0 Å². The van der Waals surface area contributed by atoms with Crippen molar-refractivity contribution in [3.05, 3.63) is 40.3 Å². The summed E-state index contributed by atoms with van der Waals surface area (Å²) in [4.78, 5) is 8.63. The first-order valence-corrected chi connectivity index (χ1v) is 6.59. The largest absolute Gasteiger partial charge is 0.438 e. The molecule has 0 radical (unpaired) electrons. The molecule has 0 N–H and O–H groups in total. The van der Waals surface area contributed by atoms with Crippen LogP contribution in [0.1, 0.15) is 5.82 Å². The fourth-order valence-electron chi connectivity index (χ4n) is 1.83. The highest BCUT2D eigenvalue weighted by Crippen LogP contribution is 2.31. The SMILES string of the molecule is Cc1nc(Oc2ccc(Cl)c(Cl)c2)c2cnn(C)c2n1. The van der Waals surface area contributed by atoms with E-state index in [0.29, 0.717) is 33.1 Å². The number of ether oxygens (including phenoxy) is 1. The van der Waals surface area contributed by atoms with Gasteiger partial charge in [0.25, 0.3) is 0 Å². The van der Waals surface area contributed by atoms with Crippen LogP contribution >= 0.6 is 23.2 Å². The first kappa shape index (κ1) is 13.1. The van der Waals surface area contributed by atoms with E-state index in [-0.39, 0.29) is 0 Å². The van der Waals surface area contributed by atoms with E-state index in [2.05, 4.69) is 15.1 Å². The van der Waals surface area contributed by atoms with Crippen LogP contribution in [0.15, 0.2) is 24.4 Å². The molecule has 0 fully saturated rings. The Morgan fingerprint density at radius 1 is 1.15 bits per heavy atom. The molecule has 0 atom stereocenters. The van der Waals surface area contributed by atoms with Gasteiger partial charge in [-0.3, -0.25) is 4.68 Å². The van der Waals surface area contributed by atoms with Gasteiger partial charge in [0, 0.05) is 13.1 Å². The Morgan fingerprint density at radius 3 is 2.70 bits per heavy atom. The van der Waals surface area contributed by atoms with Crippen molar-refractivity contribution in [1.82, 2.24) is 19.7 Å². The van der Waals surface area contributed by atoms with Crippen LogP contribution < -0.4 is 4.74 Å². The second-order valence-electron chi connectivity index (χ2n) is 4.26. The minimum atomic E-state index is 0.428. The molecule has 0 saturated heterocycles. The summed E-state index contributed by atoms with van der Waals surface area (Å²) in [5.74, 6) is 1.61. The zero-order valence-corrected chi connectivity index (χ0v) is 12.3. The molecule has 0 unspecified atom stereocenters. The van der Waals surface area contributed by atoms with Gasteiger partial charge in [-0.2, -0.15) is 10.1 Å². The van der Waals surface area contributed by atoms with Crippen LogP contribution in [0.2, 0.25) is 10.0 Å². The number of aryl methyl sites for hydroxylation is 2. The second-order valence-corrected chi connectivity index (χ2v) is 5.07. The quantitative estimate of drug-likeness (QED) is 0.723. The third-order valence-corrected chi connectivity index (χ3v) is 3.51. The first-order chi connectivity index (χ1) is 9.54. The molecule has 2 heterocycles. The van der Waals surface area contributed by atoms with Crippen molar-refractivity contribution in [1.29, 1.82) is 0 Å². The zero-order chi connectivity index (χ0) is 14.3. The fraction of sp³-hybridized carbons (Fsp3) is 0.154. The van der Waals surface area contributed by atoms with Gasteiger partial charge in [-0.25, -0.2) is 4.98 Å². The molecular formula is C13H10Cl2N4O. The normalized spacial score (nSPS) is 11.0. The van der Waals surface area contributed by atoms with Crippen LogP contribution in [0, 0.1) is 6.92 Å². The Kier molecular flexibility index (Phi) is 3.23. The number of halogens is 2. The van der Waals surface area contributed by atoms with Crippen molar-refractivity contribution >= 4 is 34.2 Å². The Hall–Kier alpha value is -1.85. The molecule has 7 heteroatoms. The van der Waals surface area contributed by atoms with Gasteiger partial charge in [0.15, 0.2) is 5.65 Å². The van der Waals surface area contributed by atoms with Crippen LogP contribution in [-0.4, -0.2) is 19.7 Å². The molecule has 0 spiro atoms. The number of nitrogens with zero attached hydrogens (tertiary/aromatic N) is 4. The monoisotopic (exact) mass is 308 g/mol. The summed E-state index contributed by atoms with van der Waals surface area (Å²) < 4.78 is 7.45. The average molecular weight is 309 g/mol. The van der Waals surface area contributed by atoms with Crippen molar-refractivity contribution in [2.24, 2.45) is 7.05 Å². The minimum absolute atomic E-state index is 0.428. The molecule has 0 amide bonds. The van der Waals surface area contributed by atoms with Gasteiger partial charge >= 0.3 is 0 Å². The first-order valence-electron chi connectivity index (χ1n) is 5.84. The molecule has 1 aromatic carbocycles. The molecule has 20 heavy (non-hydrogen) atoms. The van der Waals surface area contributed by atoms with E-state index in [9.17, 15) is 0 Å². The van der Waals surface area contributed by atoms with E-state index >= 15 is 0 Å². The highest BCUT2D eigenvalue weighted by Gasteiger charge is 2.12. The lowest BCUT2D eigenvalue weighted by molar-refractivity contribution is 0.466. The van der Waals surface area contributed by atoms with E-state index in [1.807, 2.05) is 7.05 Å². The van der Waals surface area contributed by atoms with Crippen molar-refractivity contribution in [3.8, 4) is 11.6 Å². The van der Waals surface area contributed by atoms with E-state index in [4.69, 9.17) is 27.9 Å². The summed E-state index contributed by atoms with van der Waals surface area (Å²) in [5.41, 5.74) is 0.715. The molecule has 2 aromatic heterocycles. The highest BCUT2D eigenvalue weighted by molar-refractivity contribution is 6.42. The lowest BCUT2D eigenvalue weighted by Crippen LogP contribution is -1.97. The molecule has 0 bridgehead atoms. The van der Waals surface area contributed by atoms with Crippen LogP contribution in [0.3, 0.4) is 0 Å². The molecule has 3 aromatic rings. The topological polar surface area (TPSA) is 52.8 Å². The van der Waals surface area contributed by atoms with Gasteiger partial charge in [-0.05, 0) is 19.1 Å². The van der Waals surface area contributed by atoms with Crippen molar-refractivity contribution < 1.29 is 4.74 Å². The maximum absolute atomic E-state index is 5.97. The molecular weight excluding hydrogens is 299 g/mol. The molecule has 0 aliphatic heterocycles. The predicted octanol–water partition coefficient (Wildman–Crippen LogP) is 3.77. The van der Waals surface area contributed by atoms with Crippen molar-refractivity contribution in [3.63, 3.8) is 0 Å². The van der Waals surface area contributed by atoms with Crippen LogP contribution in [0.4, 0.5) is 0 Å². The predicted molar refractivity (Wildman–Crippen MR) is 77.6 cm³/mol. The van der Waals surface area contributed by atoms with Gasteiger partial charge in [0.05, 0.1) is 16.2 Å². The summed E-state index contributed by atoms with van der Waals surface area (Å²) in [7, 11) is 1.82. The summed E-state index contributed by atoms with van der Waals surface area (Å²) in [6.45, 7) is 1.80. The maximum Gasteiger partial charge on any atom is 0.233 e. The summed E-state index contributed by atoms with van der Waals surface area (Å²) in [6, 6.07) is 5.05. The highest BCUT2D eigenvalue weighted by atomic mass is 35.5. The molecule has 0 aliphatic rings. The van der Waals surface area contributed by atoms with Crippen molar-refractivity contribution in [2.45, 2.75) is 6.92 Å². The summed E-state index contributed by atoms with van der Waals surface area (Å²) in [5, 5.41) is 5.80. The van der Waals surface area contributed by atoms with Crippen LogP contribution in [0.5, 0.6) is 11.6 Å². The van der Waals surface area contributed by atoms with Gasteiger partial charge in [-0.15, -0.1) is 0 Å². The lowest BCUT2D eigenvalue weighted by Gasteiger charge is -2.07. The standard InChI is InChI=1S/C13H10Cl2N4O/c1-7-17-12-9(6-16-19(12)2)13(18-7)20-8-3-4-10(14)11(15)5-8/h3-6H,1-2H3. The van der Waals surface area contributed by atoms with Gasteiger partial charge < -0.3 is 4.74 Å². The van der Waals surface area contributed by atoms with E-state index in [0.717, 1.165) is 5.39 Å². The van der Waals surface area contributed by atoms with E-state index in [1.165, 1.54) is 0 Å². The number of hydrogen-bond acceptors (Lipinski definition) is 4. The number of benzene rings is 1. The third kappa shape index (κ3) is 2.30. The number of fused-ring (bicyclic) bond motifs is 1. The molecule has 0 aliphatic carbocycles. The zero-order valence-electron chi connectivity index (χ0n) is 10.8. The molecule has 0 saturated carbocycles. The molecule has 102 valence electrons. The second kappa shape index (κ2) is 4.92. The Balaban J connectivity index is 2.08. The van der Waals surface area contributed by atoms with Crippen molar-refractivity contribution in [2.75, 3.05) is 0 Å². The smallest absolute Gasteiger partial charge is 0.233 e. The molecule has 5 nitrogen and oxygen atoms in total. The maximum atomic E-state index is 5.97. The number of aromatic nitrogens is 4. The summed E-state index contributed by atoms with van der Waals surface area (Å²) in [6.07, 6.45) is 1.67.